The van der Waals surface area contributed by atoms with E-state index in [2.05, 4.69) is 15.3 Å². The number of aromatic amines is 1. The summed E-state index contributed by atoms with van der Waals surface area (Å²) < 4.78 is 4.98. The summed E-state index contributed by atoms with van der Waals surface area (Å²) in [6, 6.07) is 6.43. The molecule has 4 N–H and O–H groups in total. The van der Waals surface area contributed by atoms with E-state index in [0.29, 0.717) is 11.5 Å². The van der Waals surface area contributed by atoms with Crippen LogP contribution in [-0.4, -0.2) is 21.8 Å². The Morgan fingerprint density at radius 2 is 2.05 bits per heavy atom. The number of nitrogens with one attached hydrogen (secondary N) is 2. The molecule has 104 valence electrons. The lowest BCUT2D eigenvalue weighted by Gasteiger charge is -2.07. The van der Waals surface area contributed by atoms with Crippen LogP contribution in [0.15, 0.2) is 24.3 Å². The minimum Gasteiger partial charge on any atom is -0.426 e. The fourth-order valence-corrected chi connectivity index (χ4v) is 1.61. The van der Waals surface area contributed by atoms with Crippen molar-refractivity contribution >= 4 is 23.6 Å². The predicted octanol–water partition coefficient (Wildman–Crippen LogP) is 1.48. The van der Waals surface area contributed by atoms with Gasteiger partial charge in [-0.05, 0) is 19.1 Å². The second-order valence-electron chi connectivity index (χ2n) is 4.14. The SMILES string of the molecule is CC(=O)Oc1ccccc1C(=O)Nc1nc(N)c(C)[nH]1. The zero-order chi connectivity index (χ0) is 14.7. The number of benzene rings is 1. The third kappa shape index (κ3) is 2.94. The van der Waals surface area contributed by atoms with Gasteiger partial charge in [-0.25, -0.2) is 0 Å². The molecule has 0 bridgehead atoms. The van der Waals surface area contributed by atoms with Crippen LogP contribution in [0.25, 0.3) is 0 Å². The number of hydrogen-bond acceptors (Lipinski definition) is 5. The van der Waals surface area contributed by atoms with Crippen molar-refractivity contribution < 1.29 is 14.3 Å². The Hall–Kier alpha value is -2.83. The molecule has 2 rings (SSSR count). The molecule has 7 heteroatoms. The van der Waals surface area contributed by atoms with E-state index in [-0.39, 0.29) is 17.3 Å². The highest BCUT2D eigenvalue weighted by atomic mass is 16.5. The smallest absolute Gasteiger partial charge is 0.308 e. The van der Waals surface area contributed by atoms with E-state index in [4.69, 9.17) is 10.5 Å². The summed E-state index contributed by atoms with van der Waals surface area (Å²) in [5.74, 6) is -0.205. The Labute approximate surface area is 115 Å². The Morgan fingerprint density at radius 3 is 2.65 bits per heavy atom. The predicted molar refractivity (Wildman–Crippen MR) is 73.4 cm³/mol. The largest absolute Gasteiger partial charge is 0.426 e. The lowest BCUT2D eigenvalue weighted by Crippen LogP contribution is -2.15. The molecule has 7 nitrogen and oxygen atoms in total. The van der Waals surface area contributed by atoms with E-state index in [1.165, 1.54) is 13.0 Å². The Morgan fingerprint density at radius 1 is 1.35 bits per heavy atom. The topological polar surface area (TPSA) is 110 Å². The van der Waals surface area contributed by atoms with Gasteiger partial charge in [-0.1, -0.05) is 12.1 Å². The number of rotatable bonds is 3. The summed E-state index contributed by atoms with van der Waals surface area (Å²) in [6.07, 6.45) is 0. The molecule has 1 aromatic heterocycles. The van der Waals surface area contributed by atoms with Crippen molar-refractivity contribution in [1.82, 2.24) is 9.97 Å². The lowest BCUT2D eigenvalue weighted by atomic mass is 10.2. The monoisotopic (exact) mass is 274 g/mol. The van der Waals surface area contributed by atoms with Gasteiger partial charge >= 0.3 is 5.97 Å². The second-order valence-corrected chi connectivity index (χ2v) is 4.14. The Balaban J connectivity index is 2.22. The number of carbonyl (C=O) groups excluding carboxylic acids is 2. The van der Waals surface area contributed by atoms with E-state index in [1.807, 2.05) is 0 Å². The van der Waals surface area contributed by atoms with Gasteiger partial charge in [0.1, 0.15) is 11.6 Å². The number of ether oxygens (including phenoxy) is 1. The summed E-state index contributed by atoms with van der Waals surface area (Å²) in [6.45, 7) is 3.01. The maximum atomic E-state index is 12.1. The van der Waals surface area contributed by atoms with Crippen molar-refractivity contribution in [3.05, 3.63) is 35.5 Å². The van der Waals surface area contributed by atoms with Crippen LogP contribution in [0.1, 0.15) is 23.0 Å². The molecule has 0 aliphatic heterocycles. The first-order valence-electron chi connectivity index (χ1n) is 5.88. The number of aryl methyl sites for hydroxylation is 1. The summed E-state index contributed by atoms with van der Waals surface area (Å²) in [4.78, 5) is 29.9. The number of nitrogen functional groups attached to an aromatic ring is 1. The molecule has 0 radical (unpaired) electrons. The van der Waals surface area contributed by atoms with Crippen LogP contribution in [0.2, 0.25) is 0 Å². The van der Waals surface area contributed by atoms with E-state index < -0.39 is 11.9 Å². The number of H-pyrrole nitrogens is 1. The van der Waals surface area contributed by atoms with E-state index >= 15 is 0 Å². The summed E-state index contributed by atoms with van der Waals surface area (Å²) >= 11 is 0. The number of nitrogens with zero attached hydrogens (tertiary/aromatic N) is 1. The van der Waals surface area contributed by atoms with Crippen LogP contribution in [-0.2, 0) is 4.79 Å². The number of aromatic nitrogens is 2. The normalized spacial score (nSPS) is 10.1. The minimum atomic E-state index is -0.497. The van der Waals surface area contributed by atoms with Crippen LogP contribution < -0.4 is 15.8 Å². The molecule has 1 amide bonds. The van der Waals surface area contributed by atoms with Crippen LogP contribution >= 0.6 is 0 Å². The van der Waals surface area contributed by atoms with Gasteiger partial charge < -0.3 is 15.5 Å². The maximum Gasteiger partial charge on any atom is 0.308 e. The van der Waals surface area contributed by atoms with Crippen molar-refractivity contribution in [1.29, 1.82) is 0 Å². The van der Waals surface area contributed by atoms with Gasteiger partial charge in [0.2, 0.25) is 5.95 Å². The number of anilines is 2. The molecule has 0 atom stereocenters. The van der Waals surface area contributed by atoms with Crippen molar-refractivity contribution in [3.63, 3.8) is 0 Å². The van der Waals surface area contributed by atoms with Gasteiger partial charge in [0.15, 0.2) is 0 Å². The van der Waals surface area contributed by atoms with E-state index in [0.717, 1.165) is 0 Å². The molecule has 2 aromatic rings. The van der Waals surface area contributed by atoms with Crippen molar-refractivity contribution in [2.24, 2.45) is 0 Å². The average molecular weight is 274 g/mol. The quantitative estimate of drug-likeness (QED) is 0.580. The van der Waals surface area contributed by atoms with E-state index in [9.17, 15) is 9.59 Å². The summed E-state index contributed by atoms with van der Waals surface area (Å²) in [7, 11) is 0. The third-order valence-electron chi connectivity index (χ3n) is 2.54. The van der Waals surface area contributed by atoms with Crippen LogP contribution in [0.5, 0.6) is 5.75 Å². The van der Waals surface area contributed by atoms with E-state index in [1.54, 1.807) is 25.1 Å². The standard InChI is InChI=1S/C13H14N4O3/c1-7-11(14)16-13(15-7)17-12(19)9-5-3-4-6-10(9)20-8(2)18/h3-6H,14H2,1-2H3,(H2,15,16,17,19). The molecule has 0 spiro atoms. The Bertz CT molecular complexity index is 644. The molecular formula is C13H14N4O3. The summed E-state index contributed by atoms with van der Waals surface area (Å²) in [5.41, 5.74) is 6.48. The van der Waals surface area contributed by atoms with Gasteiger partial charge in [0, 0.05) is 6.92 Å². The van der Waals surface area contributed by atoms with Crippen molar-refractivity contribution in [2.75, 3.05) is 11.1 Å². The summed E-state index contributed by atoms with van der Waals surface area (Å²) in [5, 5.41) is 2.56. The van der Waals surface area contributed by atoms with Gasteiger partial charge in [0.25, 0.3) is 5.91 Å². The van der Waals surface area contributed by atoms with Crippen LogP contribution in [0.3, 0.4) is 0 Å². The zero-order valence-electron chi connectivity index (χ0n) is 11.1. The van der Waals surface area contributed by atoms with Gasteiger partial charge in [0.05, 0.1) is 11.3 Å². The molecule has 0 unspecified atom stereocenters. The van der Waals surface area contributed by atoms with Crippen molar-refractivity contribution in [2.45, 2.75) is 13.8 Å². The molecule has 0 aliphatic carbocycles. The first-order valence-corrected chi connectivity index (χ1v) is 5.88. The molecule has 1 heterocycles. The lowest BCUT2D eigenvalue weighted by molar-refractivity contribution is -0.131. The third-order valence-corrected chi connectivity index (χ3v) is 2.54. The fourth-order valence-electron chi connectivity index (χ4n) is 1.61. The number of carbonyl (C=O) groups is 2. The van der Waals surface area contributed by atoms with Crippen molar-refractivity contribution in [3.8, 4) is 5.75 Å². The minimum absolute atomic E-state index is 0.189. The highest BCUT2D eigenvalue weighted by Crippen LogP contribution is 2.20. The van der Waals surface area contributed by atoms with Crippen LogP contribution in [0, 0.1) is 6.92 Å². The number of para-hydroxylation sites is 1. The molecule has 0 saturated carbocycles. The molecule has 0 aliphatic rings. The number of nitrogens with two attached hydrogens (primary N) is 1. The Kier molecular flexibility index (Phi) is 3.69. The highest BCUT2D eigenvalue weighted by molar-refractivity contribution is 6.05. The molecule has 1 aromatic carbocycles. The first-order chi connectivity index (χ1) is 9.47. The van der Waals surface area contributed by atoms with Gasteiger partial charge in [-0.2, -0.15) is 4.98 Å². The number of esters is 1. The molecule has 0 fully saturated rings. The fraction of sp³-hybridized carbons (Fsp3) is 0.154. The zero-order valence-corrected chi connectivity index (χ0v) is 11.1. The highest BCUT2D eigenvalue weighted by Gasteiger charge is 2.15. The van der Waals surface area contributed by atoms with Gasteiger partial charge in [-0.15, -0.1) is 0 Å². The second kappa shape index (κ2) is 5.43. The average Bonchev–Trinajstić information content (AvgIpc) is 2.68. The molecular weight excluding hydrogens is 260 g/mol. The molecule has 20 heavy (non-hydrogen) atoms. The molecule has 0 saturated heterocycles. The maximum absolute atomic E-state index is 12.1. The van der Waals surface area contributed by atoms with Crippen LogP contribution in [0.4, 0.5) is 11.8 Å². The van der Waals surface area contributed by atoms with Gasteiger partial charge in [-0.3, -0.25) is 14.9 Å². The number of amides is 1. The number of hydrogen-bond donors (Lipinski definition) is 3. The number of imidazole rings is 1. The first kappa shape index (κ1) is 13.6.